The van der Waals surface area contributed by atoms with E-state index in [9.17, 15) is 9.59 Å². The van der Waals surface area contributed by atoms with E-state index >= 15 is 0 Å². The molecule has 5 aliphatic heterocycles. The van der Waals surface area contributed by atoms with Gasteiger partial charge in [-0.2, -0.15) is 0 Å². The van der Waals surface area contributed by atoms with Crippen molar-refractivity contribution >= 4 is 17.8 Å². The van der Waals surface area contributed by atoms with Gasteiger partial charge in [0.25, 0.3) is 5.91 Å². The average molecular weight is 559 g/mol. The summed E-state index contributed by atoms with van der Waals surface area (Å²) in [4.78, 5) is 29.0. The normalized spacial score (nSPS) is 27.7. The summed E-state index contributed by atoms with van der Waals surface area (Å²) in [5.74, 6) is 1.44. The van der Waals surface area contributed by atoms with Gasteiger partial charge in [0.2, 0.25) is 5.91 Å². The number of rotatable bonds is 1. The molecule has 3 N–H and O–H groups in total. The molecule has 0 saturated carbocycles. The Morgan fingerprint density at radius 2 is 1.83 bits per heavy atom. The van der Waals surface area contributed by atoms with E-state index in [4.69, 9.17) is 14.9 Å². The molecule has 5 heterocycles. The van der Waals surface area contributed by atoms with Crippen molar-refractivity contribution in [2.75, 3.05) is 6.61 Å². The molecule has 1 saturated heterocycles. The molecule has 5 aliphatic rings. The lowest BCUT2D eigenvalue weighted by Gasteiger charge is -2.46. The van der Waals surface area contributed by atoms with Crippen LogP contribution in [0.15, 0.2) is 36.4 Å². The summed E-state index contributed by atoms with van der Waals surface area (Å²) >= 11 is 0. The fourth-order valence-corrected chi connectivity index (χ4v) is 7.09. The Morgan fingerprint density at radius 3 is 2.63 bits per heavy atom. The zero-order valence-corrected chi connectivity index (χ0v) is 24.5. The average Bonchev–Trinajstić information content (AvgIpc) is 2.93. The fraction of sp³-hybridized carbons (Fsp3) is 0.545. The van der Waals surface area contributed by atoms with Crippen molar-refractivity contribution in [2.24, 2.45) is 0 Å². The number of hydrogen-bond donors (Lipinski definition) is 3. The lowest BCUT2D eigenvalue weighted by molar-refractivity contribution is -0.133. The first-order valence-corrected chi connectivity index (χ1v) is 15.3. The molecule has 0 radical (unpaired) electrons. The van der Waals surface area contributed by atoms with Crippen LogP contribution in [0, 0.1) is 5.41 Å². The first-order valence-electron chi connectivity index (χ1n) is 15.3. The monoisotopic (exact) mass is 558 g/mol. The van der Waals surface area contributed by atoms with Crippen molar-refractivity contribution in [1.82, 2.24) is 15.5 Å². The fourth-order valence-electron chi connectivity index (χ4n) is 7.09. The molecule has 0 aromatic heterocycles. The van der Waals surface area contributed by atoms with Gasteiger partial charge in [0, 0.05) is 35.1 Å². The summed E-state index contributed by atoms with van der Waals surface area (Å²) in [6.45, 7) is 6.67. The maximum absolute atomic E-state index is 13.7. The van der Waals surface area contributed by atoms with E-state index in [1.165, 1.54) is 5.56 Å². The molecule has 2 aromatic rings. The summed E-state index contributed by atoms with van der Waals surface area (Å²) in [5.41, 5.74) is 2.78. The Labute approximate surface area is 242 Å². The van der Waals surface area contributed by atoms with Gasteiger partial charge in [-0.25, -0.2) is 0 Å². The Kier molecular flexibility index (Phi) is 7.20. The molecule has 1 fully saturated rings. The first kappa shape index (κ1) is 27.6. The third-order valence-corrected chi connectivity index (χ3v) is 9.36. The van der Waals surface area contributed by atoms with E-state index in [1.807, 2.05) is 12.1 Å². The highest BCUT2D eigenvalue weighted by Gasteiger charge is 2.44. The van der Waals surface area contributed by atoms with Gasteiger partial charge in [-0.1, -0.05) is 38.3 Å². The Bertz CT molecular complexity index is 1350. The summed E-state index contributed by atoms with van der Waals surface area (Å²) in [6.07, 6.45) is 8.53. The van der Waals surface area contributed by atoms with Gasteiger partial charge in [-0.05, 0) is 69.4 Å². The molecule has 0 unspecified atom stereocenters. The van der Waals surface area contributed by atoms with E-state index in [-0.39, 0.29) is 35.4 Å². The summed E-state index contributed by atoms with van der Waals surface area (Å²) in [6, 6.07) is 11.3. The molecule has 41 heavy (non-hydrogen) atoms. The minimum absolute atomic E-state index is 0.0341. The molecule has 8 heteroatoms. The van der Waals surface area contributed by atoms with Crippen LogP contribution in [-0.2, 0) is 11.2 Å². The maximum atomic E-state index is 13.7. The van der Waals surface area contributed by atoms with Crippen LogP contribution in [-0.4, -0.2) is 40.4 Å². The van der Waals surface area contributed by atoms with E-state index in [0.29, 0.717) is 37.2 Å². The van der Waals surface area contributed by atoms with Crippen molar-refractivity contribution in [1.29, 1.82) is 5.41 Å². The van der Waals surface area contributed by atoms with E-state index in [2.05, 4.69) is 49.6 Å². The quantitative estimate of drug-likeness (QED) is 0.401. The molecular weight excluding hydrogens is 516 g/mol. The molecule has 218 valence electrons. The van der Waals surface area contributed by atoms with Crippen molar-refractivity contribution < 1.29 is 19.1 Å². The lowest BCUT2D eigenvalue weighted by Crippen LogP contribution is -2.63. The molecular formula is C33H42N4O4. The molecule has 2 amide bonds. The Hall–Kier alpha value is -3.55. The zero-order valence-electron chi connectivity index (χ0n) is 24.5. The second-order valence-corrected chi connectivity index (χ2v) is 12.8. The highest BCUT2D eigenvalue weighted by molar-refractivity contribution is 6.00. The number of nitrogens with one attached hydrogen (secondary N) is 3. The van der Waals surface area contributed by atoms with Crippen molar-refractivity contribution in [2.45, 2.75) is 108 Å². The number of guanidine groups is 1. The molecule has 8 nitrogen and oxygen atoms in total. The number of nitrogens with zero attached hydrogens (tertiary/aromatic N) is 1. The van der Waals surface area contributed by atoms with Crippen LogP contribution in [0.5, 0.6) is 11.5 Å². The van der Waals surface area contributed by atoms with Gasteiger partial charge >= 0.3 is 0 Å². The van der Waals surface area contributed by atoms with Crippen molar-refractivity contribution in [3.63, 3.8) is 0 Å². The first-order chi connectivity index (χ1) is 19.7. The largest absolute Gasteiger partial charge is 0.493 e. The maximum Gasteiger partial charge on any atom is 0.251 e. The summed E-state index contributed by atoms with van der Waals surface area (Å²) in [7, 11) is 0. The topological polar surface area (TPSA) is 104 Å². The van der Waals surface area contributed by atoms with Crippen molar-refractivity contribution in [3.8, 4) is 11.5 Å². The number of hydrogen-bond acceptors (Lipinski definition) is 5. The van der Waals surface area contributed by atoms with E-state index in [1.54, 1.807) is 11.0 Å². The summed E-state index contributed by atoms with van der Waals surface area (Å²) < 4.78 is 12.3. The van der Waals surface area contributed by atoms with Crippen LogP contribution in [0.1, 0.15) is 118 Å². The highest BCUT2D eigenvalue weighted by Crippen LogP contribution is 2.42. The van der Waals surface area contributed by atoms with Gasteiger partial charge in [0.1, 0.15) is 17.1 Å². The molecule has 7 rings (SSSR count). The Balaban J connectivity index is 1.37. The smallest absolute Gasteiger partial charge is 0.251 e. The molecule has 0 aliphatic carbocycles. The van der Waals surface area contributed by atoms with Gasteiger partial charge in [0.05, 0.1) is 25.1 Å². The second kappa shape index (κ2) is 10.7. The standard InChI is InChI=1S/C33H42N4O4/c1-4-33-15-8-6-5-7-9-21-10-12-28-23(17-21)25(19-32(2,3)41-28)35-30(39)22-11-13-27-24(18-22)26(14-16-40-27)37(29(38)20-33)31(34)36-33/h10-13,17-18,25-26H,4-9,14-16,19-20H2,1-3H3,(H2,34,36)(H,35,39)/t25-,26+,33+/m0/s1. The second-order valence-electron chi connectivity index (χ2n) is 12.8. The molecule has 2 aromatic carbocycles. The third kappa shape index (κ3) is 5.41. The van der Waals surface area contributed by atoms with Crippen molar-refractivity contribution in [3.05, 3.63) is 58.7 Å². The van der Waals surface area contributed by atoms with Crippen LogP contribution in [0.3, 0.4) is 0 Å². The van der Waals surface area contributed by atoms with Crippen LogP contribution in [0.4, 0.5) is 0 Å². The number of carbonyl (C=O) groups is 2. The number of amides is 2. The highest BCUT2D eigenvalue weighted by atomic mass is 16.5. The van der Waals surface area contributed by atoms with E-state index < -0.39 is 5.60 Å². The van der Waals surface area contributed by atoms with Gasteiger partial charge in [-0.15, -0.1) is 0 Å². The molecule has 0 spiro atoms. The zero-order chi connectivity index (χ0) is 28.8. The van der Waals surface area contributed by atoms with E-state index in [0.717, 1.165) is 61.8 Å². The van der Waals surface area contributed by atoms with Crippen LogP contribution in [0.25, 0.3) is 0 Å². The van der Waals surface area contributed by atoms with Gasteiger partial charge < -0.3 is 20.1 Å². The van der Waals surface area contributed by atoms with Gasteiger partial charge in [-0.3, -0.25) is 19.9 Å². The lowest BCUT2D eigenvalue weighted by atomic mass is 9.83. The summed E-state index contributed by atoms with van der Waals surface area (Å²) in [5, 5.41) is 15.7. The number of benzene rings is 2. The predicted molar refractivity (Wildman–Crippen MR) is 157 cm³/mol. The number of fused-ring (bicyclic) bond motifs is 8. The van der Waals surface area contributed by atoms with Crippen LogP contribution in [0.2, 0.25) is 0 Å². The predicted octanol–water partition coefficient (Wildman–Crippen LogP) is 5.95. The Morgan fingerprint density at radius 1 is 1.02 bits per heavy atom. The minimum atomic E-state index is -0.412. The SMILES string of the molecule is CC[C@]12CCCCCCc3ccc4c(c3)[C@H](CC(C)(C)O4)NC(=O)c3ccc4c(c3)[C@@H](CCO4)N(C(=N)N1)C(=O)C2. The molecule has 6 bridgehead atoms. The number of carbonyl (C=O) groups excluding carboxylic acids is 2. The third-order valence-electron chi connectivity index (χ3n) is 9.36. The number of ether oxygens (including phenoxy) is 2. The minimum Gasteiger partial charge on any atom is -0.493 e. The van der Waals surface area contributed by atoms with Crippen LogP contribution >= 0.6 is 0 Å². The number of aryl methyl sites for hydroxylation is 1. The molecule has 3 atom stereocenters. The van der Waals surface area contributed by atoms with Crippen LogP contribution < -0.4 is 20.1 Å². The van der Waals surface area contributed by atoms with Gasteiger partial charge in [0.15, 0.2) is 5.96 Å².